The maximum atomic E-state index is 12.1. The van der Waals surface area contributed by atoms with E-state index in [0.717, 1.165) is 22.9 Å². The molecule has 0 amide bonds. The van der Waals surface area contributed by atoms with Crippen LogP contribution in [0, 0.1) is 0 Å². The molecule has 3 aromatic heterocycles. The first-order valence-corrected chi connectivity index (χ1v) is 8.97. The zero-order valence-corrected chi connectivity index (χ0v) is 13.6. The number of nitrogens with zero attached hydrogens (tertiary/aromatic N) is 5. The van der Waals surface area contributed by atoms with E-state index < -0.39 is 0 Å². The Kier molecular flexibility index (Phi) is 3.45. The summed E-state index contributed by atoms with van der Waals surface area (Å²) in [6, 6.07) is 1.55. The Balaban J connectivity index is 1.57. The van der Waals surface area contributed by atoms with E-state index >= 15 is 0 Å². The van der Waals surface area contributed by atoms with E-state index in [2.05, 4.69) is 25.3 Å². The lowest BCUT2D eigenvalue weighted by Crippen LogP contribution is -2.15. The average molecular weight is 334 g/mol. The van der Waals surface area contributed by atoms with Gasteiger partial charge in [0.05, 0.1) is 5.69 Å². The normalized spacial score (nSPS) is 14.8. The molecule has 0 atom stereocenters. The predicted molar refractivity (Wildman–Crippen MR) is 84.4 cm³/mol. The van der Waals surface area contributed by atoms with Gasteiger partial charge in [0, 0.05) is 24.2 Å². The summed E-state index contributed by atoms with van der Waals surface area (Å²) >= 11 is 2.99. The third kappa shape index (κ3) is 2.66. The van der Waals surface area contributed by atoms with Crippen LogP contribution < -0.4 is 5.56 Å². The zero-order chi connectivity index (χ0) is 15.1. The van der Waals surface area contributed by atoms with E-state index in [-0.39, 0.29) is 5.56 Å². The van der Waals surface area contributed by atoms with Crippen molar-refractivity contribution in [1.29, 1.82) is 0 Å². The molecule has 9 heteroatoms. The lowest BCUT2D eigenvalue weighted by atomic mass is 10.4. The highest BCUT2D eigenvalue weighted by atomic mass is 32.2. The molecule has 1 aliphatic carbocycles. The van der Waals surface area contributed by atoms with E-state index in [1.165, 1.54) is 40.5 Å². The Morgan fingerprint density at radius 2 is 2.32 bits per heavy atom. The molecular formula is C13H14N6OS2. The van der Waals surface area contributed by atoms with E-state index in [9.17, 15) is 4.79 Å². The highest BCUT2D eigenvalue weighted by Gasteiger charge is 2.28. The topological polar surface area (TPSA) is 88.8 Å². The fourth-order valence-corrected chi connectivity index (χ4v) is 3.88. The van der Waals surface area contributed by atoms with Crippen molar-refractivity contribution in [2.24, 2.45) is 0 Å². The smallest absolute Gasteiger partial charge is 0.267 e. The molecule has 114 valence electrons. The molecule has 0 saturated heterocycles. The molecule has 0 aliphatic heterocycles. The molecule has 0 aromatic carbocycles. The van der Waals surface area contributed by atoms with Gasteiger partial charge in [0.25, 0.3) is 5.56 Å². The lowest BCUT2D eigenvalue weighted by Gasteiger charge is -1.97. The van der Waals surface area contributed by atoms with Crippen molar-refractivity contribution in [2.75, 3.05) is 0 Å². The molecule has 1 aliphatic rings. The summed E-state index contributed by atoms with van der Waals surface area (Å²) < 4.78 is 1.41. The number of nitrogens with one attached hydrogen (secondary N) is 1. The van der Waals surface area contributed by atoms with Gasteiger partial charge in [-0.25, -0.2) is 9.97 Å². The SMILES string of the molecule is CCc1nc(SCc2cc(=O)n3nc(C4CC4)sc3n2)n[nH]1. The van der Waals surface area contributed by atoms with Gasteiger partial charge in [-0.1, -0.05) is 30.0 Å². The van der Waals surface area contributed by atoms with Crippen LogP contribution >= 0.6 is 23.1 Å². The third-order valence-electron chi connectivity index (χ3n) is 3.44. The molecule has 1 saturated carbocycles. The van der Waals surface area contributed by atoms with Crippen LogP contribution in [0.3, 0.4) is 0 Å². The van der Waals surface area contributed by atoms with Crippen molar-refractivity contribution in [2.45, 2.75) is 43.0 Å². The summed E-state index contributed by atoms with van der Waals surface area (Å²) in [6.45, 7) is 2.02. The van der Waals surface area contributed by atoms with Crippen LogP contribution in [-0.4, -0.2) is 29.8 Å². The van der Waals surface area contributed by atoms with Crippen molar-refractivity contribution in [1.82, 2.24) is 29.8 Å². The number of rotatable bonds is 5. The lowest BCUT2D eigenvalue weighted by molar-refractivity contribution is 0.848. The zero-order valence-electron chi connectivity index (χ0n) is 11.9. The van der Waals surface area contributed by atoms with Gasteiger partial charge in [0.1, 0.15) is 10.8 Å². The Morgan fingerprint density at radius 1 is 1.45 bits per heavy atom. The van der Waals surface area contributed by atoms with Crippen LogP contribution in [0.2, 0.25) is 0 Å². The maximum Gasteiger partial charge on any atom is 0.275 e. The van der Waals surface area contributed by atoms with Crippen molar-refractivity contribution in [3.63, 3.8) is 0 Å². The minimum Gasteiger partial charge on any atom is -0.267 e. The molecule has 1 N–H and O–H groups in total. The van der Waals surface area contributed by atoms with Gasteiger partial charge < -0.3 is 0 Å². The first-order valence-electron chi connectivity index (χ1n) is 7.16. The Bertz CT molecular complexity index is 878. The van der Waals surface area contributed by atoms with E-state index in [0.29, 0.717) is 21.8 Å². The summed E-state index contributed by atoms with van der Waals surface area (Å²) in [6.07, 6.45) is 3.16. The summed E-state index contributed by atoms with van der Waals surface area (Å²) in [5, 5.41) is 13.1. The predicted octanol–water partition coefficient (Wildman–Crippen LogP) is 2.00. The highest BCUT2D eigenvalue weighted by Crippen LogP contribution is 2.41. The first-order chi connectivity index (χ1) is 10.7. The number of fused-ring (bicyclic) bond motifs is 1. The van der Waals surface area contributed by atoms with Gasteiger partial charge >= 0.3 is 0 Å². The van der Waals surface area contributed by atoms with Gasteiger partial charge in [0.2, 0.25) is 10.1 Å². The van der Waals surface area contributed by atoms with Gasteiger partial charge in [-0.3, -0.25) is 9.89 Å². The van der Waals surface area contributed by atoms with Crippen molar-refractivity contribution in [3.8, 4) is 0 Å². The number of aromatic nitrogens is 6. The molecule has 0 radical (unpaired) electrons. The standard InChI is InChI=1S/C13H14N6OS2/c1-2-9-15-12(17-16-9)21-6-8-5-10(20)19-13(14-8)22-11(18-19)7-3-4-7/h5,7H,2-4,6H2,1H3,(H,15,16,17). The minimum absolute atomic E-state index is 0.118. The van der Waals surface area contributed by atoms with E-state index in [1.807, 2.05) is 6.92 Å². The van der Waals surface area contributed by atoms with Crippen LogP contribution in [0.5, 0.6) is 0 Å². The molecule has 22 heavy (non-hydrogen) atoms. The Morgan fingerprint density at radius 3 is 3.05 bits per heavy atom. The molecule has 3 aromatic rings. The van der Waals surface area contributed by atoms with Crippen LogP contribution in [0.1, 0.15) is 42.2 Å². The fourth-order valence-electron chi connectivity index (χ4n) is 2.08. The van der Waals surface area contributed by atoms with E-state index in [1.54, 1.807) is 6.07 Å². The Labute approximate surface area is 134 Å². The summed E-state index contributed by atoms with van der Waals surface area (Å²) in [4.78, 5) is 21.7. The highest BCUT2D eigenvalue weighted by molar-refractivity contribution is 7.98. The van der Waals surface area contributed by atoms with Gasteiger partial charge in [-0.2, -0.15) is 9.61 Å². The number of hydrogen-bond donors (Lipinski definition) is 1. The second kappa shape index (κ2) is 5.47. The van der Waals surface area contributed by atoms with Crippen LogP contribution in [0.4, 0.5) is 0 Å². The number of aryl methyl sites for hydroxylation is 1. The average Bonchev–Trinajstić information content (AvgIpc) is 3.11. The quantitative estimate of drug-likeness (QED) is 0.718. The molecule has 4 rings (SSSR count). The minimum atomic E-state index is -0.118. The van der Waals surface area contributed by atoms with Crippen molar-refractivity contribution >= 4 is 28.1 Å². The summed E-state index contributed by atoms with van der Waals surface area (Å²) in [5.41, 5.74) is 0.622. The van der Waals surface area contributed by atoms with Gasteiger partial charge in [-0.15, -0.1) is 5.10 Å². The number of aromatic amines is 1. The second-order valence-electron chi connectivity index (χ2n) is 5.20. The molecule has 1 fully saturated rings. The molecule has 0 bridgehead atoms. The van der Waals surface area contributed by atoms with Crippen molar-refractivity contribution in [3.05, 3.63) is 32.9 Å². The van der Waals surface area contributed by atoms with Gasteiger partial charge in [0.15, 0.2) is 0 Å². The Hall–Kier alpha value is -1.74. The molecule has 0 spiro atoms. The van der Waals surface area contributed by atoms with Crippen LogP contribution in [0.25, 0.3) is 4.96 Å². The third-order valence-corrected chi connectivity index (χ3v) is 5.39. The number of H-pyrrole nitrogens is 1. The van der Waals surface area contributed by atoms with E-state index in [4.69, 9.17) is 0 Å². The fraction of sp³-hybridized carbons (Fsp3) is 0.462. The molecule has 7 nitrogen and oxygen atoms in total. The second-order valence-corrected chi connectivity index (χ2v) is 7.13. The number of thioether (sulfide) groups is 1. The van der Waals surface area contributed by atoms with Crippen LogP contribution in [-0.2, 0) is 12.2 Å². The van der Waals surface area contributed by atoms with Crippen LogP contribution in [0.15, 0.2) is 16.0 Å². The monoisotopic (exact) mass is 334 g/mol. The number of hydrogen-bond acceptors (Lipinski definition) is 7. The molecule has 3 heterocycles. The molecule has 0 unspecified atom stereocenters. The molecular weight excluding hydrogens is 320 g/mol. The summed E-state index contributed by atoms with van der Waals surface area (Å²) in [5.74, 6) is 1.97. The largest absolute Gasteiger partial charge is 0.275 e. The summed E-state index contributed by atoms with van der Waals surface area (Å²) in [7, 11) is 0. The first kappa shape index (κ1) is 13.9. The van der Waals surface area contributed by atoms with Gasteiger partial charge in [-0.05, 0) is 12.8 Å². The maximum absolute atomic E-state index is 12.1. The van der Waals surface area contributed by atoms with Crippen molar-refractivity contribution < 1.29 is 0 Å².